The van der Waals surface area contributed by atoms with Gasteiger partial charge in [-0.2, -0.15) is 0 Å². The molecular formula is C13H11BrO3. The summed E-state index contributed by atoms with van der Waals surface area (Å²) in [4.78, 5) is 10.2. The predicted octanol–water partition coefficient (Wildman–Crippen LogP) is 2.94. The molecule has 2 aromatic rings. The average Bonchev–Trinajstić information content (AvgIpc) is 2.30. The molecule has 4 heteroatoms. The summed E-state index contributed by atoms with van der Waals surface area (Å²) in [6.07, 6.45) is 0.385. The number of aromatic hydroxyl groups is 1. The van der Waals surface area contributed by atoms with Crippen molar-refractivity contribution in [2.75, 3.05) is 0 Å². The number of alkyl halides is 1. The van der Waals surface area contributed by atoms with Crippen molar-refractivity contribution in [1.29, 1.82) is 0 Å². The molecule has 0 aliphatic rings. The molecule has 3 nitrogen and oxygen atoms in total. The fourth-order valence-electron chi connectivity index (χ4n) is 1.82. The number of aliphatic carboxylic acids is 1. The van der Waals surface area contributed by atoms with E-state index < -0.39 is 10.8 Å². The van der Waals surface area contributed by atoms with Gasteiger partial charge in [-0.1, -0.05) is 46.3 Å². The third-order valence-electron chi connectivity index (χ3n) is 2.66. The molecule has 0 bridgehead atoms. The molecule has 0 aromatic heterocycles. The zero-order valence-corrected chi connectivity index (χ0v) is 10.5. The largest absolute Gasteiger partial charge is 0.507 e. The fraction of sp³-hybridized carbons (Fsp3) is 0.154. The van der Waals surface area contributed by atoms with Crippen LogP contribution in [0.2, 0.25) is 0 Å². The summed E-state index contributed by atoms with van der Waals surface area (Å²) in [5.74, 6) is -0.673. The molecule has 17 heavy (non-hydrogen) atoms. The van der Waals surface area contributed by atoms with Gasteiger partial charge in [-0.15, -0.1) is 0 Å². The number of carbonyl (C=O) groups is 1. The van der Waals surface area contributed by atoms with E-state index in [1.807, 2.05) is 24.3 Å². The van der Waals surface area contributed by atoms with Crippen LogP contribution in [0.25, 0.3) is 10.8 Å². The molecule has 0 saturated heterocycles. The lowest BCUT2D eigenvalue weighted by atomic mass is 10.0. The maximum atomic E-state index is 10.8. The zero-order chi connectivity index (χ0) is 12.4. The number of phenolic OH excluding ortho intramolecular Hbond substituents is 1. The summed E-state index contributed by atoms with van der Waals surface area (Å²) >= 11 is 3.12. The van der Waals surface area contributed by atoms with Crippen LogP contribution >= 0.6 is 15.9 Å². The van der Waals surface area contributed by atoms with E-state index in [0.717, 1.165) is 16.3 Å². The van der Waals surface area contributed by atoms with Gasteiger partial charge >= 0.3 is 5.97 Å². The first-order chi connectivity index (χ1) is 8.09. The smallest absolute Gasteiger partial charge is 0.317 e. The van der Waals surface area contributed by atoms with Crippen molar-refractivity contribution in [2.24, 2.45) is 0 Å². The first-order valence-electron chi connectivity index (χ1n) is 5.16. The van der Waals surface area contributed by atoms with E-state index in [1.54, 1.807) is 12.1 Å². The van der Waals surface area contributed by atoms with Crippen molar-refractivity contribution in [3.05, 3.63) is 42.0 Å². The second-order valence-corrected chi connectivity index (χ2v) is 4.90. The maximum absolute atomic E-state index is 10.8. The van der Waals surface area contributed by atoms with Crippen molar-refractivity contribution in [1.82, 2.24) is 0 Å². The van der Waals surface area contributed by atoms with Crippen LogP contribution in [0.1, 0.15) is 5.56 Å². The predicted molar refractivity (Wildman–Crippen MR) is 69.7 cm³/mol. The molecule has 0 spiro atoms. The lowest BCUT2D eigenvalue weighted by Gasteiger charge is -2.09. The second kappa shape index (κ2) is 4.75. The number of carboxylic acid groups (broad SMARTS) is 1. The van der Waals surface area contributed by atoms with E-state index >= 15 is 0 Å². The Morgan fingerprint density at radius 2 is 1.82 bits per heavy atom. The first kappa shape index (κ1) is 11.9. The van der Waals surface area contributed by atoms with Gasteiger partial charge in [0, 0.05) is 5.39 Å². The van der Waals surface area contributed by atoms with Gasteiger partial charge in [0.25, 0.3) is 0 Å². The minimum absolute atomic E-state index is 0.214. The van der Waals surface area contributed by atoms with Crippen LogP contribution in [0.15, 0.2) is 36.4 Å². The van der Waals surface area contributed by atoms with Crippen LogP contribution in [-0.2, 0) is 11.2 Å². The highest BCUT2D eigenvalue weighted by Gasteiger charge is 2.15. The highest BCUT2D eigenvalue weighted by atomic mass is 79.9. The van der Waals surface area contributed by atoms with Crippen molar-refractivity contribution < 1.29 is 15.0 Å². The number of hydrogen-bond donors (Lipinski definition) is 2. The number of phenols is 1. The lowest BCUT2D eigenvalue weighted by Crippen LogP contribution is -2.15. The molecule has 0 aliphatic carbocycles. The van der Waals surface area contributed by atoms with Gasteiger partial charge in [-0.3, -0.25) is 4.79 Å². The molecule has 88 valence electrons. The van der Waals surface area contributed by atoms with Gasteiger partial charge in [0.15, 0.2) is 0 Å². The van der Waals surface area contributed by atoms with Crippen LogP contribution in [-0.4, -0.2) is 21.0 Å². The minimum Gasteiger partial charge on any atom is -0.507 e. The van der Waals surface area contributed by atoms with Crippen molar-refractivity contribution in [3.8, 4) is 5.75 Å². The van der Waals surface area contributed by atoms with E-state index in [4.69, 9.17) is 5.11 Å². The number of hydrogen-bond acceptors (Lipinski definition) is 2. The molecule has 1 atom stereocenters. The summed E-state index contributed by atoms with van der Waals surface area (Å²) in [5.41, 5.74) is 0.905. The summed E-state index contributed by atoms with van der Waals surface area (Å²) in [5, 5.41) is 20.2. The van der Waals surface area contributed by atoms with Crippen molar-refractivity contribution in [3.63, 3.8) is 0 Å². The molecule has 0 saturated carbocycles. The Balaban J connectivity index is 2.48. The Hall–Kier alpha value is -1.55. The monoisotopic (exact) mass is 294 g/mol. The Labute approximate surface area is 107 Å². The molecule has 2 rings (SSSR count). The van der Waals surface area contributed by atoms with Crippen LogP contribution in [0.5, 0.6) is 5.75 Å². The van der Waals surface area contributed by atoms with Crippen LogP contribution in [0.3, 0.4) is 0 Å². The summed E-state index contributed by atoms with van der Waals surface area (Å²) in [7, 11) is 0. The third kappa shape index (κ3) is 2.42. The molecule has 2 N–H and O–H groups in total. The maximum Gasteiger partial charge on any atom is 0.317 e. The van der Waals surface area contributed by atoms with Crippen LogP contribution < -0.4 is 0 Å². The third-order valence-corrected chi connectivity index (χ3v) is 3.37. The fourth-order valence-corrected chi connectivity index (χ4v) is 2.17. The Kier molecular flexibility index (Phi) is 3.33. The molecule has 0 fully saturated rings. The van der Waals surface area contributed by atoms with Crippen molar-refractivity contribution in [2.45, 2.75) is 11.2 Å². The number of rotatable bonds is 3. The summed E-state index contributed by atoms with van der Waals surface area (Å²) < 4.78 is 0. The van der Waals surface area contributed by atoms with Gasteiger partial charge in [0.2, 0.25) is 0 Å². The second-order valence-electron chi connectivity index (χ2n) is 3.80. The first-order valence-corrected chi connectivity index (χ1v) is 6.07. The van der Waals surface area contributed by atoms with Gasteiger partial charge in [-0.05, 0) is 23.4 Å². The van der Waals surface area contributed by atoms with Gasteiger partial charge < -0.3 is 10.2 Å². The molecule has 0 aliphatic heterocycles. The van der Waals surface area contributed by atoms with E-state index in [0.29, 0.717) is 6.42 Å². The highest BCUT2D eigenvalue weighted by molar-refractivity contribution is 9.10. The minimum atomic E-state index is -0.887. The molecule has 2 aromatic carbocycles. The Morgan fingerprint density at radius 3 is 2.53 bits per heavy atom. The SMILES string of the molecule is O=C(O)C(Br)Cc1cccc2c(O)cccc12. The zero-order valence-electron chi connectivity index (χ0n) is 8.93. The van der Waals surface area contributed by atoms with Gasteiger partial charge in [0.05, 0.1) is 0 Å². The summed E-state index contributed by atoms with van der Waals surface area (Å²) in [6, 6.07) is 10.8. The quantitative estimate of drug-likeness (QED) is 0.856. The van der Waals surface area contributed by atoms with E-state index in [-0.39, 0.29) is 5.75 Å². The number of carboxylic acids is 1. The molecule has 0 radical (unpaired) electrons. The Bertz CT molecular complexity index is 566. The molecule has 0 heterocycles. The molecular weight excluding hydrogens is 284 g/mol. The van der Waals surface area contributed by atoms with Gasteiger partial charge in [0.1, 0.15) is 10.6 Å². The summed E-state index contributed by atoms with van der Waals surface area (Å²) in [6.45, 7) is 0. The highest BCUT2D eigenvalue weighted by Crippen LogP contribution is 2.28. The lowest BCUT2D eigenvalue weighted by molar-refractivity contribution is -0.136. The van der Waals surface area contributed by atoms with Gasteiger partial charge in [-0.25, -0.2) is 0 Å². The normalized spacial score (nSPS) is 12.5. The molecule has 0 amide bonds. The van der Waals surface area contributed by atoms with Crippen molar-refractivity contribution >= 4 is 32.7 Å². The number of fused-ring (bicyclic) bond motifs is 1. The average molecular weight is 295 g/mol. The van der Waals surface area contributed by atoms with Crippen LogP contribution in [0.4, 0.5) is 0 Å². The van der Waals surface area contributed by atoms with E-state index in [1.165, 1.54) is 0 Å². The van der Waals surface area contributed by atoms with E-state index in [2.05, 4.69) is 15.9 Å². The number of halogens is 1. The van der Waals surface area contributed by atoms with Crippen LogP contribution in [0, 0.1) is 0 Å². The molecule has 1 unspecified atom stereocenters. The standard InChI is InChI=1S/C13H11BrO3/c14-11(13(16)17)7-8-3-1-5-10-9(8)4-2-6-12(10)15/h1-6,11,15H,7H2,(H,16,17). The topological polar surface area (TPSA) is 57.5 Å². The Morgan fingerprint density at radius 1 is 1.18 bits per heavy atom. The van der Waals surface area contributed by atoms with E-state index in [9.17, 15) is 9.90 Å². The number of benzene rings is 2.